The van der Waals surface area contributed by atoms with Gasteiger partial charge in [0, 0.05) is 26.3 Å². The van der Waals surface area contributed by atoms with E-state index in [9.17, 15) is 4.79 Å². The van der Waals surface area contributed by atoms with Crippen molar-refractivity contribution in [3.63, 3.8) is 0 Å². The Morgan fingerprint density at radius 2 is 1.87 bits per heavy atom. The molecule has 1 aromatic carbocycles. The first kappa shape index (κ1) is 19.0. The van der Waals surface area contributed by atoms with Gasteiger partial charge in [0.1, 0.15) is 23.1 Å². The van der Waals surface area contributed by atoms with Crippen LogP contribution in [0.15, 0.2) is 41.3 Å². The fraction of sp³-hybridized carbons (Fsp3) is 0.522. The largest absolute Gasteiger partial charge is 0.488 e. The number of nitrogens with zero attached hydrogens (tertiary/aromatic N) is 4. The fourth-order valence-electron chi connectivity index (χ4n) is 4.86. The minimum absolute atomic E-state index is 0.0958. The summed E-state index contributed by atoms with van der Waals surface area (Å²) in [5, 5.41) is 5.09. The smallest absolute Gasteiger partial charge is 0.262 e. The van der Waals surface area contributed by atoms with Crippen LogP contribution in [0.4, 0.5) is 0 Å². The zero-order valence-corrected chi connectivity index (χ0v) is 17.4. The first-order valence-electron chi connectivity index (χ1n) is 11.3. The lowest BCUT2D eigenvalue weighted by Gasteiger charge is -2.43. The van der Waals surface area contributed by atoms with Crippen LogP contribution in [0.2, 0.25) is 0 Å². The summed E-state index contributed by atoms with van der Waals surface area (Å²) in [5.74, 6) is 2.22. The molecule has 31 heavy (non-hydrogen) atoms. The van der Waals surface area contributed by atoms with Crippen LogP contribution in [-0.4, -0.2) is 57.1 Å². The molecule has 8 nitrogen and oxygen atoms in total. The van der Waals surface area contributed by atoms with Crippen LogP contribution in [0.1, 0.15) is 43.6 Å². The van der Waals surface area contributed by atoms with Gasteiger partial charge < -0.3 is 14.5 Å². The highest BCUT2D eigenvalue weighted by molar-refractivity contribution is 5.73. The maximum Gasteiger partial charge on any atom is 0.262 e. The minimum atomic E-state index is -0.0958. The topological polar surface area (TPSA) is 85.3 Å². The molecule has 0 spiro atoms. The Bertz CT molecular complexity index is 1110. The number of rotatable bonds is 6. The first-order valence-corrected chi connectivity index (χ1v) is 11.3. The van der Waals surface area contributed by atoms with Crippen molar-refractivity contribution in [1.29, 1.82) is 0 Å². The van der Waals surface area contributed by atoms with E-state index in [0.29, 0.717) is 17.0 Å². The van der Waals surface area contributed by atoms with Crippen LogP contribution >= 0.6 is 0 Å². The molecule has 1 unspecified atom stereocenters. The van der Waals surface area contributed by atoms with E-state index in [-0.39, 0.29) is 23.7 Å². The molecule has 1 N–H and O–H groups in total. The Balaban J connectivity index is 1.26. The highest BCUT2D eigenvalue weighted by atomic mass is 16.5. The number of ether oxygens (including phenoxy) is 2. The van der Waals surface area contributed by atoms with Gasteiger partial charge in [-0.15, -0.1) is 0 Å². The number of H-pyrrole nitrogens is 1. The Morgan fingerprint density at radius 3 is 2.61 bits per heavy atom. The maximum absolute atomic E-state index is 12.9. The number of nitrogens with one attached hydrogen (secondary N) is 1. The lowest BCUT2D eigenvalue weighted by Crippen LogP contribution is -2.55. The molecule has 0 radical (unpaired) electrons. The normalized spacial score (nSPS) is 21.8. The van der Waals surface area contributed by atoms with Crippen LogP contribution in [0.25, 0.3) is 11.0 Å². The molecule has 0 bridgehead atoms. The van der Waals surface area contributed by atoms with E-state index in [1.807, 2.05) is 35.0 Å². The standard InChI is InChI=1S/C23H27N5O3/c29-23-19-12-24-28(16-8-10-30-11-9-16)22(19)25-21(26-23)20(15-6-7-15)27-13-18(14-27)31-17-4-2-1-3-5-17/h1-5,12,15-16,18,20H,6-11,13-14H2,(H,25,26,29). The Labute approximate surface area is 180 Å². The summed E-state index contributed by atoms with van der Waals surface area (Å²) in [5.41, 5.74) is 0.607. The number of hydrogen-bond acceptors (Lipinski definition) is 6. The third-order valence-corrected chi connectivity index (χ3v) is 6.68. The first-order chi connectivity index (χ1) is 15.3. The fourth-order valence-corrected chi connectivity index (χ4v) is 4.86. The van der Waals surface area contributed by atoms with Gasteiger partial charge in [-0.25, -0.2) is 9.67 Å². The second-order valence-corrected chi connectivity index (χ2v) is 8.91. The molecule has 1 saturated carbocycles. The minimum Gasteiger partial charge on any atom is -0.488 e. The van der Waals surface area contributed by atoms with E-state index < -0.39 is 0 Å². The molecule has 2 saturated heterocycles. The monoisotopic (exact) mass is 421 g/mol. The number of benzene rings is 1. The van der Waals surface area contributed by atoms with Crippen molar-refractivity contribution in [2.45, 2.75) is 43.9 Å². The van der Waals surface area contributed by atoms with Crippen molar-refractivity contribution in [3.8, 4) is 5.75 Å². The van der Waals surface area contributed by atoms with Gasteiger partial charge in [0.2, 0.25) is 0 Å². The van der Waals surface area contributed by atoms with Crippen molar-refractivity contribution in [1.82, 2.24) is 24.6 Å². The number of fused-ring (bicyclic) bond motifs is 1. The highest BCUT2D eigenvalue weighted by Gasteiger charge is 2.44. The summed E-state index contributed by atoms with van der Waals surface area (Å²) in [7, 11) is 0. The van der Waals surface area contributed by atoms with E-state index in [0.717, 1.165) is 50.7 Å². The van der Waals surface area contributed by atoms with Gasteiger partial charge in [0.15, 0.2) is 5.65 Å². The molecule has 2 aromatic heterocycles. The van der Waals surface area contributed by atoms with Crippen LogP contribution < -0.4 is 10.3 Å². The summed E-state index contributed by atoms with van der Waals surface area (Å²) >= 11 is 0. The molecule has 0 amide bonds. The summed E-state index contributed by atoms with van der Waals surface area (Å²) in [6.07, 6.45) is 5.97. The summed E-state index contributed by atoms with van der Waals surface area (Å²) in [6, 6.07) is 10.3. The van der Waals surface area contributed by atoms with Crippen molar-refractivity contribution in [3.05, 3.63) is 52.7 Å². The quantitative estimate of drug-likeness (QED) is 0.659. The van der Waals surface area contributed by atoms with Gasteiger partial charge in [-0.3, -0.25) is 9.69 Å². The van der Waals surface area contributed by atoms with Gasteiger partial charge in [-0.1, -0.05) is 18.2 Å². The zero-order valence-electron chi connectivity index (χ0n) is 17.4. The lowest BCUT2D eigenvalue weighted by molar-refractivity contribution is -0.0187. The van der Waals surface area contributed by atoms with Crippen LogP contribution in [0, 0.1) is 5.92 Å². The second kappa shape index (κ2) is 7.76. The Kier molecular flexibility index (Phi) is 4.76. The molecule has 162 valence electrons. The Morgan fingerprint density at radius 1 is 1.10 bits per heavy atom. The van der Waals surface area contributed by atoms with E-state index in [1.54, 1.807) is 6.20 Å². The molecular formula is C23H27N5O3. The average molecular weight is 422 g/mol. The van der Waals surface area contributed by atoms with Crippen LogP contribution in [0.3, 0.4) is 0 Å². The van der Waals surface area contributed by atoms with Gasteiger partial charge >= 0.3 is 0 Å². The summed E-state index contributed by atoms with van der Waals surface area (Å²) in [4.78, 5) is 23.3. The van der Waals surface area contributed by atoms with Crippen molar-refractivity contribution >= 4 is 11.0 Å². The maximum atomic E-state index is 12.9. The molecule has 6 rings (SSSR count). The van der Waals surface area contributed by atoms with Crippen molar-refractivity contribution in [2.75, 3.05) is 26.3 Å². The molecule has 1 atom stereocenters. The predicted octanol–water partition coefficient (Wildman–Crippen LogP) is 2.69. The van der Waals surface area contributed by atoms with Gasteiger partial charge in [-0.05, 0) is 43.7 Å². The number of aromatic nitrogens is 4. The molecule has 1 aliphatic carbocycles. The van der Waals surface area contributed by atoms with Gasteiger partial charge in [-0.2, -0.15) is 5.10 Å². The predicted molar refractivity (Wildman–Crippen MR) is 115 cm³/mol. The van der Waals surface area contributed by atoms with Crippen LogP contribution in [0.5, 0.6) is 5.75 Å². The van der Waals surface area contributed by atoms with E-state index in [2.05, 4.69) is 15.0 Å². The van der Waals surface area contributed by atoms with Crippen molar-refractivity contribution < 1.29 is 9.47 Å². The third kappa shape index (κ3) is 3.64. The number of likely N-dealkylation sites (tertiary alicyclic amines) is 1. The molecule has 3 fully saturated rings. The third-order valence-electron chi connectivity index (χ3n) is 6.68. The van der Waals surface area contributed by atoms with E-state index in [4.69, 9.17) is 14.5 Å². The lowest BCUT2D eigenvalue weighted by atomic mass is 10.0. The Hall–Kier alpha value is -2.71. The highest BCUT2D eigenvalue weighted by Crippen LogP contribution is 2.45. The van der Waals surface area contributed by atoms with Crippen molar-refractivity contribution in [2.24, 2.45) is 5.92 Å². The summed E-state index contributed by atoms with van der Waals surface area (Å²) < 4.78 is 13.5. The zero-order chi connectivity index (χ0) is 20.8. The molecule has 3 aromatic rings. The van der Waals surface area contributed by atoms with Gasteiger partial charge in [0.25, 0.3) is 5.56 Å². The molecule has 2 aliphatic heterocycles. The second-order valence-electron chi connectivity index (χ2n) is 8.91. The SMILES string of the molecule is O=c1[nH]c(C(C2CC2)N2CC(Oc3ccccc3)C2)nc2c1cnn2C1CCOCC1. The average Bonchev–Trinajstić information content (AvgIpc) is 3.51. The molecule has 3 aliphatic rings. The number of hydrogen-bond donors (Lipinski definition) is 1. The van der Waals surface area contributed by atoms with E-state index in [1.165, 1.54) is 12.8 Å². The summed E-state index contributed by atoms with van der Waals surface area (Å²) in [6.45, 7) is 3.14. The van der Waals surface area contributed by atoms with E-state index >= 15 is 0 Å². The molecule has 4 heterocycles. The number of aromatic amines is 1. The molecule has 8 heteroatoms. The van der Waals surface area contributed by atoms with Crippen LogP contribution in [-0.2, 0) is 4.74 Å². The van der Waals surface area contributed by atoms with Gasteiger partial charge in [0.05, 0.1) is 18.3 Å². The number of para-hydroxylation sites is 1. The molecular weight excluding hydrogens is 394 g/mol.